The highest BCUT2D eigenvalue weighted by atomic mass is 16.5. The van der Waals surface area contributed by atoms with E-state index in [0.29, 0.717) is 48.0 Å². The van der Waals surface area contributed by atoms with Crippen molar-refractivity contribution in [2.24, 2.45) is 0 Å². The number of carboxylic acids is 2. The van der Waals surface area contributed by atoms with E-state index in [-0.39, 0.29) is 18.9 Å². The van der Waals surface area contributed by atoms with Crippen molar-refractivity contribution in [3.63, 3.8) is 0 Å². The lowest BCUT2D eigenvalue weighted by Gasteiger charge is -2.34. The Balaban J connectivity index is 1.34. The summed E-state index contributed by atoms with van der Waals surface area (Å²) in [7, 11) is 0. The minimum absolute atomic E-state index is 0.0188. The number of nitrogens with zero attached hydrogens (tertiary/aromatic N) is 1. The number of carbonyl (C=O) groups excluding carboxylic acids is 1. The highest BCUT2D eigenvalue weighted by Crippen LogP contribution is 2.36. The number of nitrogens with one attached hydrogen (secondary N) is 1. The van der Waals surface area contributed by atoms with Crippen LogP contribution in [0.3, 0.4) is 0 Å². The summed E-state index contributed by atoms with van der Waals surface area (Å²) in [5.41, 5.74) is 2.82. The van der Waals surface area contributed by atoms with Crippen molar-refractivity contribution in [3.8, 4) is 11.5 Å². The molecule has 39 heavy (non-hydrogen) atoms. The van der Waals surface area contributed by atoms with Crippen LogP contribution >= 0.6 is 0 Å². The second-order valence-corrected chi connectivity index (χ2v) is 9.34. The van der Waals surface area contributed by atoms with Crippen LogP contribution in [0.1, 0.15) is 41.6 Å². The topological polar surface area (TPSA) is 125 Å². The van der Waals surface area contributed by atoms with Crippen molar-refractivity contribution >= 4 is 29.2 Å². The summed E-state index contributed by atoms with van der Waals surface area (Å²) in [6.07, 6.45) is 2.13. The number of ether oxygens (including phenoxy) is 2. The molecule has 0 bridgehead atoms. The first kappa shape index (κ1) is 27.5. The Hall–Kier alpha value is -4.53. The first-order valence-electron chi connectivity index (χ1n) is 13.0. The van der Waals surface area contributed by atoms with Crippen LogP contribution in [0.2, 0.25) is 0 Å². The van der Waals surface area contributed by atoms with Gasteiger partial charge in [0, 0.05) is 30.3 Å². The molecule has 0 aromatic heterocycles. The van der Waals surface area contributed by atoms with Gasteiger partial charge in [0.2, 0.25) is 6.10 Å². The maximum atomic E-state index is 12.9. The van der Waals surface area contributed by atoms with E-state index in [0.717, 1.165) is 19.3 Å². The third-order valence-corrected chi connectivity index (χ3v) is 6.38. The van der Waals surface area contributed by atoms with Gasteiger partial charge in [0.15, 0.2) is 0 Å². The zero-order valence-corrected chi connectivity index (χ0v) is 21.5. The first-order chi connectivity index (χ1) is 18.9. The van der Waals surface area contributed by atoms with Crippen LogP contribution in [0.25, 0.3) is 0 Å². The maximum absolute atomic E-state index is 12.9. The largest absolute Gasteiger partial charge is 0.494 e. The lowest BCUT2D eigenvalue weighted by atomic mass is 10.1. The summed E-state index contributed by atoms with van der Waals surface area (Å²) in [4.78, 5) is 37.2. The Morgan fingerprint density at radius 3 is 2.54 bits per heavy atom. The first-order valence-corrected chi connectivity index (χ1v) is 13.0. The van der Waals surface area contributed by atoms with E-state index in [1.807, 2.05) is 24.3 Å². The van der Waals surface area contributed by atoms with Gasteiger partial charge in [-0.25, -0.2) is 4.79 Å². The van der Waals surface area contributed by atoms with Gasteiger partial charge < -0.3 is 29.9 Å². The molecule has 1 heterocycles. The summed E-state index contributed by atoms with van der Waals surface area (Å²) < 4.78 is 11.5. The number of benzene rings is 3. The second-order valence-electron chi connectivity index (χ2n) is 9.34. The number of aliphatic carboxylic acids is 2. The van der Waals surface area contributed by atoms with Crippen molar-refractivity contribution in [1.82, 2.24) is 0 Å². The van der Waals surface area contributed by atoms with E-state index in [1.165, 1.54) is 5.56 Å². The number of aryl methyl sites for hydroxylation is 1. The van der Waals surface area contributed by atoms with Gasteiger partial charge in [0.05, 0.1) is 18.8 Å². The third kappa shape index (κ3) is 7.98. The van der Waals surface area contributed by atoms with Crippen LogP contribution in [-0.4, -0.2) is 53.9 Å². The van der Waals surface area contributed by atoms with E-state index in [2.05, 4.69) is 17.4 Å². The van der Waals surface area contributed by atoms with Gasteiger partial charge in [0.1, 0.15) is 11.5 Å². The Labute approximate surface area is 227 Å². The van der Waals surface area contributed by atoms with Gasteiger partial charge in [-0.15, -0.1) is 0 Å². The Morgan fingerprint density at radius 1 is 0.949 bits per heavy atom. The van der Waals surface area contributed by atoms with Gasteiger partial charge in [-0.05, 0) is 61.6 Å². The molecule has 1 atom stereocenters. The van der Waals surface area contributed by atoms with Gasteiger partial charge in [0.25, 0.3) is 5.91 Å². The number of anilines is 2. The van der Waals surface area contributed by atoms with Crippen LogP contribution in [0, 0.1) is 0 Å². The number of unbranched alkanes of at least 4 members (excludes halogenated alkanes) is 1. The molecule has 1 unspecified atom stereocenters. The molecule has 0 saturated heterocycles. The maximum Gasteiger partial charge on any atom is 0.346 e. The molecule has 204 valence electrons. The van der Waals surface area contributed by atoms with Crippen molar-refractivity contribution < 1.29 is 34.1 Å². The predicted molar refractivity (Wildman–Crippen MR) is 147 cm³/mol. The normalized spacial score (nSPS) is 14.2. The molecule has 0 fully saturated rings. The number of hydrogen-bond donors (Lipinski definition) is 3. The molecule has 0 saturated carbocycles. The van der Waals surface area contributed by atoms with E-state index in [4.69, 9.17) is 14.6 Å². The van der Waals surface area contributed by atoms with Gasteiger partial charge in [-0.3, -0.25) is 9.59 Å². The van der Waals surface area contributed by atoms with E-state index < -0.39 is 18.0 Å². The molecule has 0 aliphatic carbocycles. The Bertz CT molecular complexity index is 1300. The highest BCUT2D eigenvalue weighted by molar-refractivity contribution is 6.04. The quantitative estimate of drug-likeness (QED) is 0.267. The number of amides is 1. The van der Waals surface area contributed by atoms with Crippen LogP contribution in [0.4, 0.5) is 11.4 Å². The minimum Gasteiger partial charge on any atom is -0.494 e. The van der Waals surface area contributed by atoms with Crippen molar-refractivity contribution in [3.05, 3.63) is 83.9 Å². The summed E-state index contributed by atoms with van der Waals surface area (Å²) in [5.74, 6) is -1.44. The van der Waals surface area contributed by atoms with Gasteiger partial charge in [-0.1, -0.05) is 36.4 Å². The van der Waals surface area contributed by atoms with E-state index >= 15 is 0 Å². The average molecular weight is 533 g/mol. The smallest absolute Gasteiger partial charge is 0.346 e. The van der Waals surface area contributed by atoms with Crippen LogP contribution in [0.15, 0.2) is 72.8 Å². The van der Waals surface area contributed by atoms with Crippen molar-refractivity contribution in [2.45, 2.75) is 38.2 Å². The van der Waals surface area contributed by atoms with Gasteiger partial charge >= 0.3 is 11.9 Å². The zero-order chi connectivity index (χ0) is 27.6. The average Bonchev–Trinajstić information content (AvgIpc) is 2.93. The fourth-order valence-corrected chi connectivity index (χ4v) is 4.39. The summed E-state index contributed by atoms with van der Waals surface area (Å²) in [5, 5.41) is 21.3. The summed E-state index contributed by atoms with van der Waals surface area (Å²) in [6, 6.07) is 22.3. The predicted octanol–water partition coefficient (Wildman–Crippen LogP) is 4.86. The molecule has 3 aromatic rings. The third-order valence-electron chi connectivity index (χ3n) is 6.38. The number of fused-ring (bicyclic) bond motifs is 1. The fraction of sp³-hybridized carbons (Fsp3) is 0.300. The number of hydrogen-bond acceptors (Lipinski definition) is 6. The molecule has 1 amide bonds. The SMILES string of the molecule is O=C(O)CCCN1CC(C(=O)O)Oc2cc(NC(=O)c3cccc(OCCCCc4ccccc4)c3)ccc21. The molecule has 4 rings (SSSR count). The molecular formula is C30H32N2O7. The lowest BCUT2D eigenvalue weighted by molar-refractivity contribution is -0.145. The van der Waals surface area contributed by atoms with E-state index in [1.54, 1.807) is 41.3 Å². The second kappa shape index (κ2) is 13.3. The van der Waals surface area contributed by atoms with Crippen LogP contribution in [0.5, 0.6) is 11.5 Å². The van der Waals surface area contributed by atoms with Crippen molar-refractivity contribution in [2.75, 3.05) is 29.9 Å². The molecule has 0 spiro atoms. The molecule has 9 heteroatoms. The van der Waals surface area contributed by atoms with Crippen LogP contribution in [-0.2, 0) is 16.0 Å². The molecule has 9 nitrogen and oxygen atoms in total. The molecular weight excluding hydrogens is 500 g/mol. The monoisotopic (exact) mass is 532 g/mol. The highest BCUT2D eigenvalue weighted by Gasteiger charge is 2.30. The van der Waals surface area contributed by atoms with E-state index in [9.17, 15) is 19.5 Å². The fourth-order valence-electron chi connectivity index (χ4n) is 4.39. The molecule has 1 aliphatic rings. The minimum atomic E-state index is -1.12. The lowest BCUT2D eigenvalue weighted by Crippen LogP contribution is -2.44. The molecule has 0 radical (unpaired) electrons. The van der Waals surface area contributed by atoms with Crippen molar-refractivity contribution in [1.29, 1.82) is 0 Å². The van der Waals surface area contributed by atoms with Gasteiger partial charge in [-0.2, -0.15) is 0 Å². The molecule has 3 aromatic carbocycles. The van der Waals surface area contributed by atoms with Crippen LogP contribution < -0.4 is 19.7 Å². The molecule has 1 aliphatic heterocycles. The zero-order valence-electron chi connectivity index (χ0n) is 21.5. The molecule has 3 N–H and O–H groups in total. The summed E-state index contributed by atoms with van der Waals surface area (Å²) in [6.45, 7) is 1.03. The Morgan fingerprint density at radius 2 is 1.77 bits per heavy atom. The standard InChI is InChI=1S/C30H32N2O7/c33-28(34)13-7-16-32-20-27(30(36)37)39-26-19-23(14-15-25(26)32)31-29(35)22-11-6-12-24(18-22)38-17-5-4-10-21-8-2-1-3-9-21/h1-3,6,8-9,11-12,14-15,18-19,27H,4-5,7,10,13,16-17,20H2,(H,31,35)(H,33,34)(H,36,37). The number of rotatable bonds is 13. The number of carbonyl (C=O) groups is 3. The Kier molecular flexibility index (Phi) is 9.39. The summed E-state index contributed by atoms with van der Waals surface area (Å²) >= 11 is 0. The number of carboxylic acid groups (broad SMARTS) is 2.